The Balaban J connectivity index is 1.53. The maximum Gasteiger partial charge on any atom is 0.269 e. The molecule has 7 heteroatoms. The van der Waals surface area contributed by atoms with Crippen LogP contribution in [0.2, 0.25) is 0 Å². The second kappa shape index (κ2) is 6.35. The van der Waals surface area contributed by atoms with Crippen LogP contribution in [0.5, 0.6) is 11.5 Å². The Labute approximate surface area is 140 Å². The first kappa shape index (κ1) is 16.0. The Hall–Kier alpha value is -2.83. The van der Waals surface area contributed by atoms with Crippen LogP contribution in [0.25, 0.3) is 0 Å². The van der Waals surface area contributed by atoms with E-state index in [4.69, 9.17) is 15.2 Å². The fraction of sp³-hybridized carbons (Fsp3) is 0.353. The normalized spacial score (nSPS) is 14.6. The fourth-order valence-electron chi connectivity index (χ4n) is 2.60. The van der Waals surface area contributed by atoms with Crippen LogP contribution in [0.4, 0.5) is 5.82 Å². The molecule has 126 valence electrons. The van der Waals surface area contributed by atoms with Gasteiger partial charge in [-0.1, -0.05) is 12.1 Å². The Kier molecular flexibility index (Phi) is 4.24. The number of carbonyl (C=O) groups is 1. The van der Waals surface area contributed by atoms with Gasteiger partial charge in [0.15, 0.2) is 17.2 Å². The molecule has 0 bridgehead atoms. The third kappa shape index (κ3) is 3.56. The van der Waals surface area contributed by atoms with E-state index in [0.717, 1.165) is 17.9 Å². The second-order valence-corrected chi connectivity index (χ2v) is 6.23. The molecule has 0 radical (unpaired) electrons. The molecule has 1 aromatic carbocycles. The Morgan fingerprint density at radius 1 is 1.33 bits per heavy atom. The van der Waals surface area contributed by atoms with Gasteiger partial charge in [-0.05, 0) is 32.0 Å². The largest absolute Gasteiger partial charge is 0.488 e. The molecule has 0 unspecified atom stereocenters. The zero-order chi connectivity index (χ0) is 17.2. The summed E-state index contributed by atoms with van der Waals surface area (Å²) >= 11 is 0. The maximum absolute atomic E-state index is 10.9. The zero-order valence-corrected chi connectivity index (χ0v) is 13.7. The van der Waals surface area contributed by atoms with Crippen molar-refractivity contribution >= 4 is 11.7 Å². The van der Waals surface area contributed by atoms with E-state index < -0.39 is 5.91 Å². The van der Waals surface area contributed by atoms with E-state index in [2.05, 4.69) is 35.4 Å². The summed E-state index contributed by atoms with van der Waals surface area (Å²) < 4.78 is 11.8. The summed E-state index contributed by atoms with van der Waals surface area (Å²) in [4.78, 5) is 10.9. The first-order chi connectivity index (χ1) is 11.4. The molecule has 2 heterocycles. The molecule has 0 spiro atoms. The van der Waals surface area contributed by atoms with E-state index in [9.17, 15) is 4.79 Å². The highest BCUT2D eigenvalue weighted by Gasteiger charge is 2.32. The highest BCUT2D eigenvalue weighted by molar-refractivity contribution is 5.90. The minimum Gasteiger partial charge on any atom is -0.488 e. The van der Waals surface area contributed by atoms with E-state index in [1.54, 1.807) is 6.07 Å². The molecular weight excluding hydrogens is 308 g/mol. The van der Waals surface area contributed by atoms with Gasteiger partial charge in [0.05, 0.1) is 6.54 Å². The van der Waals surface area contributed by atoms with Crippen LogP contribution in [-0.2, 0) is 6.42 Å². The first-order valence-corrected chi connectivity index (χ1v) is 7.76. The Morgan fingerprint density at radius 2 is 2.17 bits per heavy atom. The van der Waals surface area contributed by atoms with Crippen molar-refractivity contribution in [3.8, 4) is 11.5 Å². The fourth-order valence-corrected chi connectivity index (χ4v) is 2.60. The van der Waals surface area contributed by atoms with Crippen LogP contribution in [0.15, 0.2) is 30.3 Å². The van der Waals surface area contributed by atoms with Gasteiger partial charge in [0, 0.05) is 12.0 Å². The standard InChI is InChI=1S/C17H20N4O3/c1-17(2)10-11-4-3-5-13(15(11)24-17)23-9-8-19-14-7-6-12(16(18)22)20-21-14/h3-7H,8-10H2,1-2H3,(H2,18,22)(H,19,21). The molecule has 1 aromatic heterocycles. The minimum atomic E-state index is -0.599. The number of anilines is 1. The van der Waals surface area contributed by atoms with E-state index in [1.165, 1.54) is 11.6 Å². The van der Waals surface area contributed by atoms with Crippen molar-refractivity contribution in [3.63, 3.8) is 0 Å². The number of para-hydroxylation sites is 1. The van der Waals surface area contributed by atoms with Crippen LogP contribution < -0.4 is 20.5 Å². The van der Waals surface area contributed by atoms with E-state index >= 15 is 0 Å². The molecule has 3 rings (SSSR count). The van der Waals surface area contributed by atoms with Crippen molar-refractivity contribution in [2.45, 2.75) is 25.9 Å². The maximum atomic E-state index is 10.9. The van der Waals surface area contributed by atoms with Crippen molar-refractivity contribution in [1.29, 1.82) is 0 Å². The minimum absolute atomic E-state index is 0.136. The molecule has 0 aliphatic carbocycles. The number of hydrogen-bond acceptors (Lipinski definition) is 6. The number of benzene rings is 1. The van der Waals surface area contributed by atoms with Crippen LogP contribution in [0.3, 0.4) is 0 Å². The smallest absolute Gasteiger partial charge is 0.269 e. The van der Waals surface area contributed by atoms with Crippen molar-refractivity contribution < 1.29 is 14.3 Å². The topological polar surface area (TPSA) is 99.4 Å². The lowest BCUT2D eigenvalue weighted by Gasteiger charge is -2.18. The lowest BCUT2D eigenvalue weighted by Crippen LogP contribution is -2.24. The quantitative estimate of drug-likeness (QED) is 0.784. The number of nitrogens with one attached hydrogen (secondary N) is 1. The highest BCUT2D eigenvalue weighted by Crippen LogP contribution is 2.41. The molecule has 1 aliphatic rings. The van der Waals surface area contributed by atoms with Gasteiger partial charge in [0.25, 0.3) is 5.91 Å². The molecule has 1 amide bonds. The SMILES string of the molecule is CC1(C)Cc2cccc(OCCNc3ccc(C(N)=O)nn3)c2O1. The predicted octanol–water partition coefficient (Wildman–Crippen LogP) is 1.78. The molecule has 3 N–H and O–H groups in total. The number of amides is 1. The number of primary amides is 1. The number of nitrogens with zero attached hydrogens (tertiary/aromatic N) is 2. The third-order valence-electron chi connectivity index (χ3n) is 3.64. The number of fused-ring (bicyclic) bond motifs is 1. The van der Waals surface area contributed by atoms with Gasteiger partial charge < -0.3 is 20.5 Å². The van der Waals surface area contributed by atoms with Gasteiger partial charge in [0.2, 0.25) is 0 Å². The second-order valence-electron chi connectivity index (χ2n) is 6.23. The summed E-state index contributed by atoms with van der Waals surface area (Å²) in [6, 6.07) is 9.12. The number of aromatic nitrogens is 2. The van der Waals surface area contributed by atoms with Crippen molar-refractivity contribution in [2.24, 2.45) is 5.73 Å². The van der Waals surface area contributed by atoms with Gasteiger partial charge >= 0.3 is 0 Å². The molecule has 1 aliphatic heterocycles. The van der Waals surface area contributed by atoms with Gasteiger partial charge in [-0.15, -0.1) is 10.2 Å². The summed E-state index contributed by atoms with van der Waals surface area (Å²) in [5.74, 6) is 1.53. The number of nitrogens with two attached hydrogens (primary N) is 1. The molecule has 0 fully saturated rings. The van der Waals surface area contributed by atoms with Gasteiger partial charge in [-0.2, -0.15) is 0 Å². The highest BCUT2D eigenvalue weighted by atomic mass is 16.5. The average Bonchev–Trinajstić information content (AvgIpc) is 2.86. The van der Waals surface area contributed by atoms with Gasteiger partial charge in [0.1, 0.15) is 18.0 Å². The predicted molar refractivity (Wildman–Crippen MR) is 89.4 cm³/mol. The van der Waals surface area contributed by atoms with E-state index in [-0.39, 0.29) is 11.3 Å². The van der Waals surface area contributed by atoms with Crippen molar-refractivity contribution in [3.05, 3.63) is 41.6 Å². The molecule has 0 saturated heterocycles. The average molecular weight is 328 g/mol. The molecule has 24 heavy (non-hydrogen) atoms. The van der Waals surface area contributed by atoms with Crippen LogP contribution in [0, 0.1) is 0 Å². The summed E-state index contributed by atoms with van der Waals surface area (Å²) in [6.07, 6.45) is 0.875. The van der Waals surface area contributed by atoms with Crippen molar-refractivity contribution in [1.82, 2.24) is 10.2 Å². The van der Waals surface area contributed by atoms with Crippen LogP contribution >= 0.6 is 0 Å². The van der Waals surface area contributed by atoms with Gasteiger partial charge in [-0.3, -0.25) is 4.79 Å². The zero-order valence-electron chi connectivity index (χ0n) is 13.7. The molecule has 2 aromatic rings. The Morgan fingerprint density at radius 3 is 2.88 bits per heavy atom. The van der Waals surface area contributed by atoms with E-state index in [1.807, 2.05) is 12.1 Å². The van der Waals surface area contributed by atoms with Crippen LogP contribution in [-0.4, -0.2) is 34.9 Å². The van der Waals surface area contributed by atoms with Crippen molar-refractivity contribution in [2.75, 3.05) is 18.5 Å². The number of ether oxygens (including phenoxy) is 2. The molecular formula is C17H20N4O3. The summed E-state index contributed by atoms with van der Waals surface area (Å²) in [7, 11) is 0. The van der Waals surface area contributed by atoms with E-state index in [0.29, 0.717) is 19.0 Å². The monoisotopic (exact) mass is 328 g/mol. The lowest BCUT2D eigenvalue weighted by molar-refractivity contribution is 0.0994. The first-order valence-electron chi connectivity index (χ1n) is 7.76. The number of hydrogen-bond donors (Lipinski definition) is 2. The summed E-state index contributed by atoms with van der Waals surface area (Å²) in [6.45, 7) is 5.11. The van der Waals surface area contributed by atoms with Gasteiger partial charge in [-0.25, -0.2) is 0 Å². The Bertz CT molecular complexity index is 744. The summed E-state index contributed by atoms with van der Waals surface area (Å²) in [5, 5.41) is 10.7. The number of carbonyl (C=O) groups excluding carboxylic acids is 1. The lowest BCUT2D eigenvalue weighted by atomic mass is 10.0. The molecule has 0 saturated carbocycles. The molecule has 7 nitrogen and oxygen atoms in total. The number of rotatable bonds is 6. The van der Waals surface area contributed by atoms with Crippen LogP contribution in [0.1, 0.15) is 29.9 Å². The third-order valence-corrected chi connectivity index (χ3v) is 3.64. The summed E-state index contributed by atoms with van der Waals surface area (Å²) in [5.41, 5.74) is 6.22. The molecule has 0 atom stereocenters.